The van der Waals surface area contributed by atoms with Gasteiger partial charge in [0.25, 0.3) is 0 Å². The van der Waals surface area contributed by atoms with Crippen molar-refractivity contribution in [3.05, 3.63) is 34.9 Å². The maximum absolute atomic E-state index is 13.8. The van der Waals surface area contributed by atoms with E-state index in [1.54, 1.807) is 0 Å². The minimum absolute atomic E-state index is 0.0103. The molecule has 0 aromatic heterocycles. The monoisotopic (exact) mass is 242 g/mol. The Bertz CT molecular complexity index is 424. The van der Waals surface area contributed by atoms with E-state index in [0.29, 0.717) is 19.6 Å². The van der Waals surface area contributed by atoms with Crippen LogP contribution in [0, 0.1) is 24.5 Å². The van der Waals surface area contributed by atoms with Gasteiger partial charge in [-0.1, -0.05) is 12.1 Å². The molecule has 0 aliphatic carbocycles. The molecule has 4 heteroatoms. The van der Waals surface area contributed by atoms with E-state index in [1.165, 1.54) is 26.0 Å². The van der Waals surface area contributed by atoms with E-state index < -0.39 is 17.2 Å². The summed E-state index contributed by atoms with van der Waals surface area (Å²) in [5, 5.41) is 10.4. The van der Waals surface area contributed by atoms with Gasteiger partial charge in [-0.05, 0) is 25.8 Å². The number of halogens is 2. The molecule has 2 unspecified atom stereocenters. The molecule has 1 saturated heterocycles. The summed E-state index contributed by atoms with van der Waals surface area (Å²) in [7, 11) is 0. The van der Waals surface area contributed by atoms with Crippen LogP contribution in [0.15, 0.2) is 12.1 Å². The van der Waals surface area contributed by atoms with Crippen molar-refractivity contribution in [2.75, 3.05) is 13.2 Å². The van der Waals surface area contributed by atoms with Gasteiger partial charge in [0.1, 0.15) is 0 Å². The third kappa shape index (κ3) is 2.07. The molecule has 2 rings (SSSR count). The van der Waals surface area contributed by atoms with Gasteiger partial charge in [0.05, 0.1) is 12.2 Å². The van der Waals surface area contributed by atoms with E-state index in [-0.39, 0.29) is 17.0 Å². The summed E-state index contributed by atoms with van der Waals surface area (Å²) in [6.45, 7) is 3.94. The number of aryl methyl sites for hydroxylation is 1. The normalized spacial score (nSPS) is 23.7. The molecule has 1 N–H and O–H groups in total. The lowest BCUT2D eigenvalue weighted by molar-refractivity contribution is -0.0131. The smallest absolute Gasteiger partial charge is 0.165 e. The van der Waals surface area contributed by atoms with Crippen molar-refractivity contribution < 1.29 is 18.6 Å². The molecule has 1 aromatic rings. The van der Waals surface area contributed by atoms with E-state index in [1.807, 2.05) is 0 Å². The van der Waals surface area contributed by atoms with Gasteiger partial charge in [-0.2, -0.15) is 0 Å². The van der Waals surface area contributed by atoms with Gasteiger partial charge in [-0.15, -0.1) is 0 Å². The van der Waals surface area contributed by atoms with E-state index in [4.69, 9.17) is 4.74 Å². The molecule has 0 amide bonds. The van der Waals surface area contributed by atoms with Gasteiger partial charge in [-0.25, -0.2) is 8.78 Å². The molecule has 17 heavy (non-hydrogen) atoms. The van der Waals surface area contributed by atoms with E-state index >= 15 is 0 Å². The molecule has 2 atom stereocenters. The SMILES string of the molecule is Cc1ccc(C(C)(O)C2CCOC2)c(F)c1F. The highest BCUT2D eigenvalue weighted by Gasteiger charge is 2.39. The van der Waals surface area contributed by atoms with Crippen LogP contribution in [0.25, 0.3) is 0 Å². The molecule has 1 heterocycles. The fraction of sp³-hybridized carbons (Fsp3) is 0.538. The molecule has 1 aliphatic rings. The second kappa shape index (κ2) is 4.35. The summed E-state index contributed by atoms with van der Waals surface area (Å²) >= 11 is 0. The van der Waals surface area contributed by atoms with Gasteiger partial charge in [0, 0.05) is 18.1 Å². The van der Waals surface area contributed by atoms with Crippen LogP contribution in [0.3, 0.4) is 0 Å². The number of benzene rings is 1. The highest BCUT2D eigenvalue weighted by Crippen LogP contribution is 2.36. The summed E-state index contributed by atoms with van der Waals surface area (Å²) in [6.07, 6.45) is 0.655. The topological polar surface area (TPSA) is 29.5 Å². The molecule has 0 saturated carbocycles. The first kappa shape index (κ1) is 12.5. The lowest BCUT2D eigenvalue weighted by atomic mass is 9.82. The van der Waals surface area contributed by atoms with Crippen LogP contribution in [0.4, 0.5) is 8.78 Å². The second-order valence-corrected chi connectivity index (χ2v) is 4.77. The predicted molar refractivity (Wildman–Crippen MR) is 59.6 cm³/mol. The van der Waals surface area contributed by atoms with Gasteiger partial charge in [-0.3, -0.25) is 0 Å². The van der Waals surface area contributed by atoms with Crippen molar-refractivity contribution in [2.24, 2.45) is 5.92 Å². The van der Waals surface area contributed by atoms with E-state index in [0.717, 1.165) is 0 Å². The third-order valence-electron chi connectivity index (χ3n) is 3.55. The van der Waals surface area contributed by atoms with Crippen LogP contribution >= 0.6 is 0 Å². The highest BCUT2D eigenvalue weighted by atomic mass is 19.2. The standard InChI is InChI=1S/C13H16F2O2/c1-8-3-4-10(12(15)11(8)14)13(2,16)9-5-6-17-7-9/h3-4,9,16H,5-7H2,1-2H3. The second-order valence-electron chi connectivity index (χ2n) is 4.77. The Morgan fingerprint density at radius 3 is 2.65 bits per heavy atom. The number of ether oxygens (including phenoxy) is 1. The van der Waals surface area contributed by atoms with Gasteiger partial charge in [0.2, 0.25) is 0 Å². The van der Waals surface area contributed by atoms with Crippen molar-refractivity contribution in [3.63, 3.8) is 0 Å². The molecule has 0 radical (unpaired) electrons. The molecule has 2 nitrogen and oxygen atoms in total. The molecule has 1 fully saturated rings. The summed E-state index contributed by atoms with van der Waals surface area (Å²) in [6, 6.07) is 2.93. The summed E-state index contributed by atoms with van der Waals surface area (Å²) < 4.78 is 32.5. The molecule has 0 bridgehead atoms. The Morgan fingerprint density at radius 2 is 2.06 bits per heavy atom. The summed E-state index contributed by atoms with van der Waals surface area (Å²) in [4.78, 5) is 0. The average Bonchev–Trinajstić information content (AvgIpc) is 2.79. The Morgan fingerprint density at radius 1 is 1.35 bits per heavy atom. The maximum atomic E-state index is 13.8. The molecule has 1 aliphatic heterocycles. The third-order valence-corrected chi connectivity index (χ3v) is 3.55. The zero-order valence-corrected chi connectivity index (χ0v) is 9.96. The van der Waals surface area contributed by atoms with Crippen molar-refractivity contribution >= 4 is 0 Å². The average molecular weight is 242 g/mol. The fourth-order valence-corrected chi connectivity index (χ4v) is 2.23. The lowest BCUT2D eigenvalue weighted by Gasteiger charge is -2.30. The summed E-state index contributed by atoms with van der Waals surface area (Å²) in [5.41, 5.74) is -1.14. The quantitative estimate of drug-likeness (QED) is 0.863. The zero-order valence-electron chi connectivity index (χ0n) is 9.96. The largest absolute Gasteiger partial charge is 0.385 e. The first-order valence-corrected chi connectivity index (χ1v) is 5.69. The summed E-state index contributed by atoms with van der Waals surface area (Å²) in [5.74, 6) is -2.04. The van der Waals surface area contributed by atoms with E-state index in [9.17, 15) is 13.9 Å². The zero-order chi connectivity index (χ0) is 12.6. The number of hydrogen-bond acceptors (Lipinski definition) is 2. The van der Waals surface area contributed by atoms with Gasteiger partial charge in [0.15, 0.2) is 11.6 Å². The van der Waals surface area contributed by atoms with Crippen LogP contribution < -0.4 is 0 Å². The number of aliphatic hydroxyl groups is 1. The molecular weight excluding hydrogens is 226 g/mol. The molecule has 94 valence electrons. The first-order chi connectivity index (χ1) is 7.94. The van der Waals surface area contributed by atoms with Crippen LogP contribution in [0.5, 0.6) is 0 Å². The van der Waals surface area contributed by atoms with Crippen molar-refractivity contribution in [3.8, 4) is 0 Å². The first-order valence-electron chi connectivity index (χ1n) is 5.69. The number of hydrogen-bond donors (Lipinski definition) is 1. The van der Waals surface area contributed by atoms with Crippen LogP contribution in [-0.4, -0.2) is 18.3 Å². The predicted octanol–water partition coefficient (Wildman–Crippen LogP) is 2.52. The fourth-order valence-electron chi connectivity index (χ4n) is 2.23. The lowest BCUT2D eigenvalue weighted by Crippen LogP contribution is -2.33. The van der Waals surface area contributed by atoms with Crippen LogP contribution in [-0.2, 0) is 10.3 Å². The molecular formula is C13H16F2O2. The van der Waals surface area contributed by atoms with Crippen LogP contribution in [0.1, 0.15) is 24.5 Å². The number of rotatable bonds is 2. The van der Waals surface area contributed by atoms with Crippen molar-refractivity contribution in [1.29, 1.82) is 0 Å². The van der Waals surface area contributed by atoms with Crippen LogP contribution in [0.2, 0.25) is 0 Å². The highest BCUT2D eigenvalue weighted by molar-refractivity contribution is 5.30. The van der Waals surface area contributed by atoms with Gasteiger partial charge >= 0.3 is 0 Å². The minimum Gasteiger partial charge on any atom is -0.385 e. The van der Waals surface area contributed by atoms with Crippen molar-refractivity contribution in [2.45, 2.75) is 25.9 Å². The van der Waals surface area contributed by atoms with Gasteiger partial charge < -0.3 is 9.84 Å². The molecule has 0 spiro atoms. The van der Waals surface area contributed by atoms with Crippen molar-refractivity contribution in [1.82, 2.24) is 0 Å². The van der Waals surface area contributed by atoms with E-state index in [2.05, 4.69) is 0 Å². The Labute approximate surface area is 99.2 Å². The minimum atomic E-state index is -1.39. The molecule has 1 aromatic carbocycles. The Kier molecular flexibility index (Phi) is 3.19. The maximum Gasteiger partial charge on any atom is 0.165 e. The Balaban J connectivity index is 2.42. The Hall–Kier alpha value is -1.00.